The number of anilines is 1. The minimum absolute atomic E-state index is 0.187. The van der Waals surface area contributed by atoms with Gasteiger partial charge in [-0.05, 0) is 6.08 Å². The van der Waals surface area contributed by atoms with E-state index in [1.54, 1.807) is 10.9 Å². The molecule has 2 N–H and O–H groups in total. The molecule has 3 rings (SSSR count). The molecule has 1 aliphatic heterocycles. The van der Waals surface area contributed by atoms with Gasteiger partial charge in [-0.2, -0.15) is 0 Å². The maximum Gasteiger partial charge on any atom is 0.302 e. The highest BCUT2D eigenvalue weighted by molar-refractivity contribution is 5.81. The fourth-order valence-electron chi connectivity index (χ4n) is 2.00. The van der Waals surface area contributed by atoms with Crippen LogP contribution in [0.3, 0.4) is 0 Å². The van der Waals surface area contributed by atoms with Gasteiger partial charge in [-0.15, -0.1) is 0 Å². The van der Waals surface area contributed by atoms with Crippen molar-refractivity contribution in [1.29, 1.82) is 0 Å². The van der Waals surface area contributed by atoms with E-state index in [4.69, 9.17) is 15.2 Å². The number of nitrogens with two attached hydrogens (primary N) is 1. The van der Waals surface area contributed by atoms with Crippen molar-refractivity contribution < 1.29 is 14.3 Å². The molecule has 2 aromatic heterocycles. The number of fused-ring (bicyclic) bond motifs is 1. The summed E-state index contributed by atoms with van der Waals surface area (Å²) < 4.78 is 12.4. The normalized spacial score (nSPS) is 21.4. The minimum atomic E-state index is -0.352. The Hall–Kier alpha value is -2.48. The van der Waals surface area contributed by atoms with Crippen LogP contribution >= 0.6 is 0 Å². The van der Waals surface area contributed by atoms with Crippen LogP contribution in [0.1, 0.15) is 13.2 Å². The maximum atomic E-state index is 10.8. The molecule has 2 atom stereocenters. The number of aromatic nitrogens is 4. The fourth-order valence-corrected chi connectivity index (χ4v) is 2.00. The molecule has 0 spiro atoms. The Kier molecular flexibility index (Phi) is 3.07. The summed E-state index contributed by atoms with van der Waals surface area (Å²) in [6, 6.07) is 0. The Morgan fingerprint density at radius 3 is 3.10 bits per heavy atom. The first-order valence-electron chi connectivity index (χ1n) is 6.05. The van der Waals surface area contributed by atoms with Crippen LogP contribution in [-0.4, -0.2) is 38.2 Å². The number of ether oxygens (including phenoxy) is 2. The predicted octanol–water partition coefficient (Wildman–Crippen LogP) is 0.425. The highest BCUT2D eigenvalue weighted by atomic mass is 16.6. The second-order valence-electron chi connectivity index (χ2n) is 4.34. The Morgan fingerprint density at radius 1 is 1.45 bits per heavy atom. The van der Waals surface area contributed by atoms with E-state index in [1.807, 2.05) is 12.2 Å². The van der Waals surface area contributed by atoms with E-state index in [-0.39, 0.29) is 24.9 Å². The molecule has 0 aromatic carbocycles. The number of carbonyl (C=O) groups is 1. The lowest BCUT2D eigenvalue weighted by atomic mass is 10.4. The molecule has 8 nitrogen and oxygen atoms in total. The highest BCUT2D eigenvalue weighted by Gasteiger charge is 2.23. The number of esters is 1. The molecule has 1 aliphatic rings. The van der Waals surface area contributed by atoms with Crippen LogP contribution in [0.5, 0.6) is 0 Å². The summed E-state index contributed by atoms with van der Waals surface area (Å²) in [5.41, 5.74) is 6.87. The molecule has 104 valence electrons. The molecule has 8 heteroatoms. The van der Waals surface area contributed by atoms with Gasteiger partial charge in [-0.25, -0.2) is 15.0 Å². The maximum absolute atomic E-state index is 10.8. The van der Waals surface area contributed by atoms with Gasteiger partial charge >= 0.3 is 5.97 Å². The molecule has 3 heterocycles. The number of imidazole rings is 1. The predicted molar refractivity (Wildman–Crippen MR) is 69.4 cm³/mol. The quantitative estimate of drug-likeness (QED) is 0.639. The monoisotopic (exact) mass is 275 g/mol. The Labute approximate surface area is 114 Å². The van der Waals surface area contributed by atoms with E-state index in [2.05, 4.69) is 15.0 Å². The van der Waals surface area contributed by atoms with Gasteiger partial charge < -0.3 is 15.2 Å². The van der Waals surface area contributed by atoms with Crippen molar-refractivity contribution in [2.24, 2.45) is 0 Å². The summed E-state index contributed by atoms with van der Waals surface area (Å²) >= 11 is 0. The molecule has 0 amide bonds. The van der Waals surface area contributed by atoms with Crippen LogP contribution in [-0.2, 0) is 14.3 Å². The van der Waals surface area contributed by atoms with Gasteiger partial charge in [0.05, 0.1) is 6.33 Å². The largest absolute Gasteiger partial charge is 0.463 e. The van der Waals surface area contributed by atoms with Crippen LogP contribution in [0.25, 0.3) is 11.2 Å². The van der Waals surface area contributed by atoms with Gasteiger partial charge in [-0.3, -0.25) is 9.36 Å². The lowest BCUT2D eigenvalue weighted by Gasteiger charge is -2.15. The van der Waals surface area contributed by atoms with Crippen LogP contribution in [0.2, 0.25) is 0 Å². The summed E-state index contributed by atoms with van der Waals surface area (Å²) in [5, 5.41) is 0. The molecular weight excluding hydrogens is 262 g/mol. The smallest absolute Gasteiger partial charge is 0.302 e. The minimum Gasteiger partial charge on any atom is -0.463 e. The average molecular weight is 275 g/mol. The molecule has 0 saturated carbocycles. The number of hydrogen-bond acceptors (Lipinski definition) is 7. The third-order valence-electron chi connectivity index (χ3n) is 2.92. The Bertz CT molecular complexity index is 681. The van der Waals surface area contributed by atoms with E-state index in [0.29, 0.717) is 17.0 Å². The molecule has 0 radical (unpaired) electrons. The third-order valence-corrected chi connectivity index (χ3v) is 2.92. The second-order valence-corrected chi connectivity index (χ2v) is 4.34. The van der Waals surface area contributed by atoms with Gasteiger partial charge in [0.1, 0.15) is 24.6 Å². The fraction of sp³-hybridized carbons (Fsp3) is 0.333. The molecule has 0 bridgehead atoms. The second kappa shape index (κ2) is 4.89. The molecule has 20 heavy (non-hydrogen) atoms. The summed E-state index contributed by atoms with van der Waals surface area (Å²) in [6.07, 6.45) is 6.04. The Balaban J connectivity index is 1.79. The van der Waals surface area contributed by atoms with E-state index >= 15 is 0 Å². The summed E-state index contributed by atoms with van der Waals surface area (Å²) in [4.78, 5) is 23.0. The van der Waals surface area contributed by atoms with Crippen molar-refractivity contribution >= 4 is 23.0 Å². The zero-order valence-corrected chi connectivity index (χ0v) is 10.8. The van der Waals surface area contributed by atoms with Gasteiger partial charge in [0.25, 0.3) is 0 Å². The standard InChI is InChI=1S/C12H13N5O3/c1-7(18)19-4-8-2-3-9(20-8)17-6-16-10-11(13)14-5-15-12(10)17/h2-3,5-6,8-9H,4H2,1H3,(H2,13,14,15)/t8-,9+/m0/s1. The number of hydrogen-bond donors (Lipinski definition) is 1. The zero-order valence-electron chi connectivity index (χ0n) is 10.8. The lowest BCUT2D eigenvalue weighted by Crippen LogP contribution is -2.18. The Morgan fingerprint density at radius 2 is 2.30 bits per heavy atom. The molecule has 0 aliphatic carbocycles. The van der Waals surface area contributed by atoms with Gasteiger partial charge in [-0.1, -0.05) is 6.08 Å². The highest BCUT2D eigenvalue weighted by Crippen LogP contribution is 2.25. The van der Waals surface area contributed by atoms with E-state index < -0.39 is 0 Å². The number of nitrogen functional groups attached to an aromatic ring is 1. The van der Waals surface area contributed by atoms with Crippen molar-refractivity contribution in [3.05, 3.63) is 24.8 Å². The van der Waals surface area contributed by atoms with Crippen LogP contribution < -0.4 is 5.73 Å². The van der Waals surface area contributed by atoms with Crippen molar-refractivity contribution in [1.82, 2.24) is 19.5 Å². The van der Waals surface area contributed by atoms with Gasteiger partial charge in [0.2, 0.25) is 0 Å². The summed E-state index contributed by atoms with van der Waals surface area (Å²) in [7, 11) is 0. The zero-order chi connectivity index (χ0) is 14.1. The molecular formula is C12H13N5O3. The van der Waals surface area contributed by atoms with Crippen molar-refractivity contribution in [3.8, 4) is 0 Å². The topological polar surface area (TPSA) is 105 Å². The average Bonchev–Trinajstić information content (AvgIpc) is 3.02. The van der Waals surface area contributed by atoms with Crippen molar-refractivity contribution in [3.63, 3.8) is 0 Å². The van der Waals surface area contributed by atoms with Crippen molar-refractivity contribution in [2.45, 2.75) is 19.3 Å². The number of rotatable bonds is 3. The van der Waals surface area contributed by atoms with Crippen LogP contribution in [0.15, 0.2) is 24.8 Å². The van der Waals surface area contributed by atoms with Crippen molar-refractivity contribution in [2.75, 3.05) is 12.3 Å². The molecule has 0 fully saturated rings. The van der Waals surface area contributed by atoms with Crippen LogP contribution in [0.4, 0.5) is 5.82 Å². The van der Waals surface area contributed by atoms with Crippen LogP contribution in [0, 0.1) is 0 Å². The van der Waals surface area contributed by atoms with Gasteiger partial charge in [0, 0.05) is 6.92 Å². The first kappa shape index (κ1) is 12.5. The lowest BCUT2D eigenvalue weighted by molar-refractivity contribution is -0.144. The van der Waals surface area contributed by atoms with Gasteiger partial charge in [0.15, 0.2) is 17.7 Å². The number of carbonyl (C=O) groups excluding carboxylic acids is 1. The molecule has 0 unspecified atom stereocenters. The summed E-state index contributed by atoms with van der Waals surface area (Å²) in [6.45, 7) is 1.55. The first-order chi connectivity index (χ1) is 9.65. The first-order valence-corrected chi connectivity index (χ1v) is 6.05. The SMILES string of the molecule is CC(=O)OC[C@@H]1C=C[C@H](n2cnc3c(N)ncnc32)O1. The van der Waals surface area contributed by atoms with E-state index in [1.165, 1.54) is 13.3 Å². The summed E-state index contributed by atoms with van der Waals surface area (Å²) in [5.74, 6) is -0.00812. The molecule has 2 aromatic rings. The molecule has 0 saturated heterocycles. The third kappa shape index (κ3) is 2.21. The van der Waals surface area contributed by atoms with E-state index in [9.17, 15) is 4.79 Å². The number of nitrogens with zero attached hydrogens (tertiary/aromatic N) is 4. The van der Waals surface area contributed by atoms with E-state index in [0.717, 1.165) is 0 Å².